The van der Waals surface area contributed by atoms with E-state index in [-0.39, 0.29) is 30.2 Å². The summed E-state index contributed by atoms with van der Waals surface area (Å²) in [5, 5.41) is 4.63. The van der Waals surface area contributed by atoms with Crippen molar-refractivity contribution in [1.29, 1.82) is 0 Å². The molecule has 156 valence electrons. The molecule has 0 aromatic heterocycles. The number of rotatable bonds is 6. The van der Waals surface area contributed by atoms with Crippen molar-refractivity contribution in [2.45, 2.75) is 19.6 Å². The topological polar surface area (TPSA) is 105 Å². The number of anilines is 1. The predicted molar refractivity (Wildman–Crippen MR) is 100 cm³/mol. The van der Waals surface area contributed by atoms with Crippen molar-refractivity contribution in [3.8, 4) is 0 Å². The first-order valence-corrected chi connectivity index (χ1v) is 8.88. The number of amides is 4. The molecule has 1 aliphatic rings. The summed E-state index contributed by atoms with van der Waals surface area (Å²) >= 11 is 0. The van der Waals surface area contributed by atoms with Gasteiger partial charge in [-0.15, -0.1) is 0 Å². The van der Waals surface area contributed by atoms with Crippen molar-refractivity contribution >= 4 is 29.5 Å². The number of hydrogen-bond acceptors (Lipinski definition) is 5. The zero-order valence-electron chi connectivity index (χ0n) is 15.8. The summed E-state index contributed by atoms with van der Waals surface area (Å²) < 4.78 is 31.6. The second-order valence-electron chi connectivity index (χ2n) is 6.50. The van der Waals surface area contributed by atoms with Gasteiger partial charge in [-0.2, -0.15) is 0 Å². The number of esters is 1. The second-order valence-corrected chi connectivity index (χ2v) is 6.50. The molecule has 1 saturated heterocycles. The molecule has 2 aromatic carbocycles. The summed E-state index contributed by atoms with van der Waals surface area (Å²) in [6.45, 7) is 1.31. The Hall–Kier alpha value is -3.82. The van der Waals surface area contributed by atoms with Crippen LogP contribution in [0.5, 0.6) is 0 Å². The summed E-state index contributed by atoms with van der Waals surface area (Å²) in [5.41, 5.74) is 0.521. The number of benzene rings is 2. The van der Waals surface area contributed by atoms with Crippen molar-refractivity contribution in [1.82, 2.24) is 10.2 Å². The van der Waals surface area contributed by atoms with Crippen LogP contribution < -0.4 is 10.6 Å². The summed E-state index contributed by atoms with van der Waals surface area (Å²) in [6, 6.07) is 8.13. The lowest BCUT2D eigenvalue weighted by Crippen LogP contribution is -2.30. The lowest BCUT2D eigenvalue weighted by molar-refractivity contribution is -0.125. The number of nitrogens with one attached hydrogen (secondary N) is 2. The van der Waals surface area contributed by atoms with Crippen LogP contribution in [-0.4, -0.2) is 41.4 Å². The minimum absolute atomic E-state index is 0.0506. The van der Waals surface area contributed by atoms with Crippen LogP contribution in [0.2, 0.25) is 0 Å². The molecule has 1 fully saturated rings. The van der Waals surface area contributed by atoms with Gasteiger partial charge in [0.15, 0.2) is 6.10 Å². The molecule has 1 atom stereocenters. The highest BCUT2D eigenvalue weighted by Gasteiger charge is 2.28. The molecule has 0 aliphatic carbocycles. The molecular weight excluding hydrogens is 400 g/mol. The van der Waals surface area contributed by atoms with E-state index in [0.717, 1.165) is 17.0 Å². The lowest BCUT2D eigenvalue weighted by atomic mass is 10.1. The van der Waals surface area contributed by atoms with Crippen molar-refractivity contribution in [3.63, 3.8) is 0 Å². The average Bonchev–Trinajstić information content (AvgIpc) is 3.02. The van der Waals surface area contributed by atoms with Gasteiger partial charge in [-0.1, -0.05) is 12.1 Å². The third-order valence-electron chi connectivity index (χ3n) is 4.31. The number of halogens is 2. The molecule has 8 nitrogen and oxygen atoms in total. The maximum atomic E-state index is 13.6. The molecule has 4 amide bonds. The smallest absolute Gasteiger partial charge is 0.338 e. The van der Waals surface area contributed by atoms with Gasteiger partial charge in [0.05, 0.1) is 24.3 Å². The third-order valence-corrected chi connectivity index (χ3v) is 4.31. The van der Waals surface area contributed by atoms with E-state index in [1.165, 1.54) is 19.1 Å². The van der Waals surface area contributed by atoms with Crippen LogP contribution in [0.4, 0.5) is 19.3 Å². The van der Waals surface area contributed by atoms with Crippen molar-refractivity contribution in [2.24, 2.45) is 0 Å². The maximum Gasteiger partial charge on any atom is 0.338 e. The molecule has 0 unspecified atom stereocenters. The maximum absolute atomic E-state index is 13.6. The van der Waals surface area contributed by atoms with E-state index in [4.69, 9.17) is 4.74 Å². The minimum Gasteiger partial charge on any atom is -0.449 e. The molecule has 3 rings (SSSR count). The van der Waals surface area contributed by atoms with Crippen LogP contribution >= 0.6 is 0 Å². The Bertz CT molecular complexity index is 994. The summed E-state index contributed by atoms with van der Waals surface area (Å²) in [5.74, 6) is -3.67. The van der Waals surface area contributed by atoms with Crippen LogP contribution in [0.25, 0.3) is 0 Å². The summed E-state index contributed by atoms with van der Waals surface area (Å²) in [6.07, 6.45) is -1.24. The van der Waals surface area contributed by atoms with Gasteiger partial charge < -0.3 is 15.4 Å². The van der Waals surface area contributed by atoms with Crippen LogP contribution in [0.1, 0.15) is 22.8 Å². The van der Waals surface area contributed by atoms with Gasteiger partial charge in [-0.3, -0.25) is 14.5 Å². The first kappa shape index (κ1) is 20.9. The van der Waals surface area contributed by atoms with E-state index in [2.05, 4.69) is 10.6 Å². The third kappa shape index (κ3) is 4.77. The van der Waals surface area contributed by atoms with Gasteiger partial charge in [0, 0.05) is 6.07 Å². The van der Waals surface area contributed by atoms with Gasteiger partial charge in [0.25, 0.3) is 5.91 Å². The first-order valence-electron chi connectivity index (χ1n) is 8.88. The van der Waals surface area contributed by atoms with E-state index < -0.39 is 35.6 Å². The van der Waals surface area contributed by atoms with Crippen molar-refractivity contribution < 1.29 is 32.7 Å². The molecule has 0 saturated carbocycles. The second kappa shape index (κ2) is 8.68. The van der Waals surface area contributed by atoms with Gasteiger partial charge >= 0.3 is 12.0 Å². The van der Waals surface area contributed by atoms with Crippen molar-refractivity contribution in [3.05, 3.63) is 65.2 Å². The molecule has 0 radical (unpaired) electrons. The van der Waals surface area contributed by atoms with Crippen LogP contribution in [0.15, 0.2) is 42.5 Å². The molecule has 2 N–H and O–H groups in total. The molecule has 1 aliphatic heterocycles. The van der Waals surface area contributed by atoms with E-state index >= 15 is 0 Å². The van der Waals surface area contributed by atoms with Gasteiger partial charge in [-0.25, -0.2) is 18.4 Å². The Morgan fingerprint density at radius 3 is 2.47 bits per heavy atom. The zero-order valence-corrected chi connectivity index (χ0v) is 15.8. The normalized spacial score (nSPS) is 14.3. The molecule has 2 aromatic rings. The average molecular weight is 417 g/mol. The number of hydrogen-bond donors (Lipinski definition) is 2. The Morgan fingerprint density at radius 1 is 1.17 bits per heavy atom. The number of nitrogens with zero attached hydrogens (tertiary/aromatic N) is 1. The van der Waals surface area contributed by atoms with Gasteiger partial charge in [0.2, 0.25) is 5.91 Å². The zero-order chi connectivity index (χ0) is 21.8. The highest BCUT2D eigenvalue weighted by molar-refractivity contribution is 6.02. The Balaban J connectivity index is 1.57. The van der Waals surface area contributed by atoms with Gasteiger partial charge in [-0.05, 0) is 36.8 Å². The quantitative estimate of drug-likeness (QED) is 0.554. The van der Waals surface area contributed by atoms with E-state index in [1.54, 1.807) is 12.1 Å². The predicted octanol–water partition coefficient (Wildman–Crippen LogP) is 2.20. The SMILES string of the molecule is C[C@@H](OC(=O)c1ccc(CN2C(=O)CNC2=O)cc1)C(=O)Nc1ccc(F)cc1F. The number of ether oxygens (including phenoxy) is 1. The summed E-state index contributed by atoms with van der Waals surface area (Å²) in [7, 11) is 0. The molecule has 0 bridgehead atoms. The van der Waals surface area contributed by atoms with Gasteiger partial charge in [0.1, 0.15) is 11.6 Å². The largest absolute Gasteiger partial charge is 0.449 e. The number of carbonyl (C=O) groups excluding carboxylic acids is 4. The fourth-order valence-electron chi connectivity index (χ4n) is 2.65. The highest BCUT2D eigenvalue weighted by Crippen LogP contribution is 2.16. The highest BCUT2D eigenvalue weighted by atomic mass is 19.1. The molecule has 0 spiro atoms. The van der Waals surface area contributed by atoms with Crippen LogP contribution in [-0.2, 0) is 20.9 Å². The Morgan fingerprint density at radius 2 is 1.87 bits per heavy atom. The lowest BCUT2D eigenvalue weighted by Gasteiger charge is -2.15. The van der Waals surface area contributed by atoms with E-state index in [9.17, 15) is 28.0 Å². The van der Waals surface area contributed by atoms with E-state index in [1.807, 2.05) is 0 Å². The fourth-order valence-corrected chi connectivity index (χ4v) is 2.65. The minimum atomic E-state index is -1.24. The van der Waals surface area contributed by atoms with Crippen LogP contribution in [0, 0.1) is 11.6 Å². The number of urea groups is 1. The van der Waals surface area contributed by atoms with Crippen molar-refractivity contribution in [2.75, 3.05) is 11.9 Å². The number of imide groups is 1. The van der Waals surface area contributed by atoms with Crippen LogP contribution in [0.3, 0.4) is 0 Å². The number of carbonyl (C=O) groups is 4. The monoisotopic (exact) mass is 417 g/mol. The van der Waals surface area contributed by atoms with E-state index in [0.29, 0.717) is 11.6 Å². The summed E-state index contributed by atoms with van der Waals surface area (Å²) in [4.78, 5) is 48.5. The molecule has 30 heavy (non-hydrogen) atoms. The standard InChI is InChI=1S/C20H17F2N3O5/c1-11(18(27)24-16-7-6-14(21)8-15(16)22)30-19(28)13-4-2-12(3-5-13)10-25-17(26)9-23-20(25)29/h2-8,11H,9-10H2,1H3,(H,23,29)(H,24,27)/t11-/m1/s1. The molecule has 10 heteroatoms. The Labute approximate surface area is 169 Å². The Kier molecular flexibility index (Phi) is 6.05. The molecule has 1 heterocycles. The fraction of sp³-hybridized carbons (Fsp3) is 0.200. The molecular formula is C20H17F2N3O5. The first-order chi connectivity index (χ1) is 14.2.